The van der Waals surface area contributed by atoms with Gasteiger partial charge in [0.25, 0.3) is 0 Å². The van der Waals surface area contributed by atoms with Crippen LogP contribution in [-0.4, -0.2) is 33.2 Å². The number of carbonyl (C=O) groups is 3. The summed E-state index contributed by atoms with van der Waals surface area (Å²) in [5.41, 5.74) is -1.10. The van der Waals surface area contributed by atoms with Crippen LogP contribution in [0.1, 0.15) is 31.1 Å². The molecule has 0 aliphatic heterocycles. The molecule has 1 aromatic rings. The summed E-state index contributed by atoms with van der Waals surface area (Å²) in [6.07, 6.45) is 0. The Bertz CT molecular complexity index is 374. The second-order valence-electron chi connectivity index (χ2n) is 2.71. The molecule has 0 fully saturated rings. The van der Waals surface area contributed by atoms with E-state index in [1.54, 1.807) is 0 Å². The molecule has 0 amide bonds. The Morgan fingerprint density at radius 1 is 0.688 bits per heavy atom. The van der Waals surface area contributed by atoms with Crippen LogP contribution in [-0.2, 0) is 0 Å². The number of hydrogen-bond donors (Lipinski definition) is 3. The van der Waals surface area contributed by atoms with Gasteiger partial charge >= 0.3 is 17.9 Å². The Kier molecular flexibility index (Phi) is 5.50. The van der Waals surface area contributed by atoms with Crippen molar-refractivity contribution in [2.75, 3.05) is 0 Å². The topological polar surface area (TPSA) is 112 Å². The molecule has 1 aromatic carbocycles. The van der Waals surface area contributed by atoms with Crippen molar-refractivity contribution >= 4 is 17.9 Å². The van der Waals surface area contributed by atoms with Gasteiger partial charge in [-0.2, -0.15) is 0 Å². The second kappa shape index (κ2) is 5.88. The van der Waals surface area contributed by atoms with Crippen molar-refractivity contribution in [3.63, 3.8) is 0 Å². The fourth-order valence-electron chi connectivity index (χ4n) is 0.998. The molecule has 0 aliphatic rings. The minimum atomic E-state index is -1.37. The predicted molar refractivity (Wildman–Crippen MR) is 47.3 cm³/mol. The number of benzene rings is 1. The smallest absolute Gasteiger partial charge is 0.335 e. The molecule has 16 heavy (non-hydrogen) atoms. The van der Waals surface area contributed by atoms with Gasteiger partial charge in [0.15, 0.2) is 0 Å². The molecule has 0 aliphatic carbocycles. The molecular weight excluding hydrogens is 436 g/mol. The molecule has 0 radical (unpaired) electrons. The van der Waals surface area contributed by atoms with Crippen LogP contribution in [0.4, 0.5) is 0 Å². The summed E-state index contributed by atoms with van der Waals surface area (Å²) in [7, 11) is 0. The van der Waals surface area contributed by atoms with E-state index in [9.17, 15) is 14.4 Å². The third kappa shape index (κ3) is 3.51. The van der Waals surface area contributed by atoms with Crippen molar-refractivity contribution in [3.8, 4) is 0 Å². The van der Waals surface area contributed by atoms with E-state index < -0.39 is 17.9 Å². The van der Waals surface area contributed by atoms with E-state index in [1.807, 2.05) is 0 Å². The van der Waals surface area contributed by atoms with Gasteiger partial charge in [-0.15, -0.1) is 0 Å². The van der Waals surface area contributed by atoms with Gasteiger partial charge in [-0.05, 0) is 18.2 Å². The summed E-state index contributed by atoms with van der Waals surface area (Å²) in [5, 5.41) is 25.8. The summed E-state index contributed by atoms with van der Waals surface area (Å²) in [6.45, 7) is 0. The van der Waals surface area contributed by atoms with Crippen LogP contribution in [0, 0.1) is 39.9 Å². The van der Waals surface area contributed by atoms with Gasteiger partial charge in [-0.25, -0.2) is 14.4 Å². The van der Waals surface area contributed by atoms with E-state index >= 15 is 0 Å². The van der Waals surface area contributed by atoms with Gasteiger partial charge in [0, 0.05) is 39.9 Å². The summed E-state index contributed by atoms with van der Waals surface area (Å²) in [6, 6.07) is 2.70. The number of carboxylic acid groups (broad SMARTS) is 3. The Balaban J connectivity index is 0.00000225. The molecule has 0 heterocycles. The fraction of sp³-hybridized carbons (Fsp3) is 0. The van der Waals surface area contributed by atoms with Gasteiger partial charge in [0.1, 0.15) is 0 Å². The standard InChI is InChI=1S/C9H6O6.Th/c10-7(11)4-1-5(8(12)13)3-6(2-4)9(14)15;/h1-3H,(H,10,11)(H,12,13)(H,14,15);. The van der Waals surface area contributed by atoms with E-state index in [1.165, 1.54) is 0 Å². The molecule has 0 bridgehead atoms. The first-order valence-corrected chi connectivity index (χ1v) is 3.77. The minimum absolute atomic E-state index is 0. The maximum Gasteiger partial charge on any atom is 0.335 e. The van der Waals surface area contributed by atoms with Gasteiger partial charge in [0.2, 0.25) is 0 Å². The van der Waals surface area contributed by atoms with E-state index in [0.717, 1.165) is 18.2 Å². The van der Waals surface area contributed by atoms with Crippen LogP contribution in [0.15, 0.2) is 18.2 Å². The number of hydrogen-bond acceptors (Lipinski definition) is 3. The SMILES string of the molecule is O=C(O)c1cc(C(=O)O)cc(C(=O)O)c1.[Th]. The molecule has 0 atom stereocenters. The van der Waals surface area contributed by atoms with Crippen molar-refractivity contribution in [2.45, 2.75) is 0 Å². The first-order valence-electron chi connectivity index (χ1n) is 3.77. The van der Waals surface area contributed by atoms with Crippen molar-refractivity contribution in [1.82, 2.24) is 0 Å². The van der Waals surface area contributed by atoms with Crippen LogP contribution in [0.3, 0.4) is 0 Å². The normalized spacial score (nSPS) is 9.00. The van der Waals surface area contributed by atoms with Crippen LogP contribution in [0.5, 0.6) is 0 Å². The minimum Gasteiger partial charge on any atom is -0.478 e. The van der Waals surface area contributed by atoms with E-state index in [-0.39, 0.29) is 56.6 Å². The van der Waals surface area contributed by atoms with E-state index in [4.69, 9.17) is 15.3 Å². The molecule has 0 saturated carbocycles. The molecule has 0 spiro atoms. The Hall–Kier alpha value is -1.05. The molecule has 0 aromatic heterocycles. The van der Waals surface area contributed by atoms with E-state index in [2.05, 4.69) is 0 Å². The van der Waals surface area contributed by atoms with Crippen molar-refractivity contribution < 1.29 is 69.6 Å². The number of aromatic carboxylic acids is 3. The number of carboxylic acids is 3. The maximum absolute atomic E-state index is 10.6. The Morgan fingerprint density at radius 3 is 1.00 bits per heavy atom. The Morgan fingerprint density at radius 2 is 0.875 bits per heavy atom. The molecule has 3 N–H and O–H groups in total. The molecule has 0 saturated heterocycles. The zero-order valence-electron chi connectivity index (χ0n) is 7.80. The second-order valence-corrected chi connectivity index (χ2v) is 2.71. The van der Waals surface area contributed by atoms with Crippen LogP contribution in [0.2, 0.25) is 0 Å². The van der Waals surface area contributed by atoms with Crippen molar-refractivity contribution in [3.05, 3.63) is 34.9 Å². The maximum atomic E-state index is 10.6. The van der Waals surface area contributed by atoms with Crippen LogP contribution in [0.25, 0.3) is 0 Å². The monoisotopic (exact) mass is 442 g/mol. The molecule has 6 nitrogen and oxygen atoms in total. The summed E-state index contributed by atoms with van der Waals surface area (Å²) >= 11 is 0. The average Bonchev–Trinajstić information content (AvgIpc) is 2.16. The molecule has 7 heteroatoms. The number of rotatable bonds is 3. The Labute approximate surface area is 122 Å². The van der Waals surface area contributed by atoms with Crippen LogP contribution >= 0.6 is 0 Å². The molecular formula is C9H6O6Th. The van der Waals surface area contributed by atoms with Gasteiger partial charge in [-0.3, -0.25) is 0 Å². The van der Waals surface area contributed by atoms with Crippen molar-refractivity contribution in [2.24, 2.45) is 0 Å². The first kappa shape index (κ1) is 15.0. The average molecular weight is 442 g/mol. The van der Waals surface area contributed by atoms with Crippen LogP contribution < -0.4 is 0 Å². The molecule has 1 rings (SSSR count). The predicted octanol–water partition coefficient (Wildman–Crippen LogP) is 0.781. The van der Waals surface area contributed by atoms with E-state index in [0.29, 0.717) is 0 Å². The van der Waals surface area contributed by atoms with Crippen molar-refractivity contribution in [1.29, 1.82) is 0 Å². The fourth-order valence-corrected chi connectivity index (χ4v) is 0.998. The largest absolute Gasteiger partial charge is 0.478 e. The quantitative estimate of drug-likeness (QED) is 0.638. The molecule has 0 unspecified atom stereocenters. The third-order valence-electron chi connectivity index (χ3n) is 1.67. The van der Waals surface area contributed by atoms with Gasteiger partial charge in [0.05, 0.1) is 16.7 Å². The third-order valence-corrected chi connectivity index (χ3v) is 1.67. The van der Waals surface area contributed by atoms with Gasteiger partial charge < -0.3 is 15.3 Å². The zero-order valence-corrected chi connectivity index (χ0v) is 11.9. The summed E-state index contributed by atoms with van der Waals surface area (Å²) in [5.74, 6) is -4.12. The summed E-state index contributed by atoms with van der Waals surface area (Å²) < 4.78 is 0. The first-order chi connectivity index (χ1) is 6.91. The summed E-state index contributed by atoms with van der Waals surface area (Å²) in [4.78, 5) is 31.7. The van der Waals surface area contributed by atoms with Gasteiger partial charge in [-0.1, -0.05) is 0 Å². The molecule has 82 valence electrons. The zero-order chi connectivity index (χ0) is 11.6.